The Bertz CT molecular complexity index is 771. The Labute approximate surface area is 146 Å². The first-order chi connectivity index (χ1) is 12.0. The molecule has 0 bridgehead atoms. The van der Waals surface area contributed by atoms with E-state index in [9.17, 15) is 4.79 Å². The third-order valence-corrected chi connectivity index (χ3v) is 5.13. The number of aryl methyl sites for hydroxylation is 3. The molecule has 2 aromatic heterocycles. The van der Waals surface area contributed by atoms with Crippen LogP contribution in [0, 0.1) is 19.8 Å². The molecule has 0 N–H and O–H groups in total. The fourth-order valence-electron chi connectivity index (χ4n) is 3.63. The average molecular weight is 344 g/mol. The van der Waals surface area contributed by atoms with E-state index in [1.54, 1.807) is 13.8 Å². The predicted molar refractivity (Wildman–Crippen MR) is 90.2 cm³/mol. The Hall–Kier alpha value is -2.15. The van der Waals surface area contributed by atoms with Crippen molar-refractivity contribution in [1.29, 1.82) is 0 Å². The van der Waals surface area contributed by atoms with Crippen LogP contribution in [0.25, 0.3) is 0 Å². The summed E-state index contributed by atoms with van der Waals surface area (Å²) in [4.78, 5) is 19.3. The zero-order valence-corrected chi connectivity index (χ0v) is 15.0. The SMILES string of the molecule is Cc1noc(C)c1C(=O)N1Cc2ncn(C)c2[C@@H](COCC2CC2)C1. The Kier molecular flexibility index (Phi) is 4.11. The summed E-state index contributed by atoms with van der Waals surface area (Å²) >= 11 is 0. The molecule has 1 aliphatic heterocycles. The minimum atomic E-state index is -0.0419. The summed E-state index contributed by atoms with van der Waals surface area (Å²) in [5.74, 6) is 1.39. The lowest BCUT2D eigenvalue weighted by atomic mass is 9.98. The molecule has 4 rings (SSSR count). The maximum absolute atomic E-state index is 13.0. The van der Waals surface area contributed by atoms with Gasteiger partial charge in [0.25, 0.3) is 5.91 Å². The first kappa shape index (κ1) is 16.3. The van der Waals surface area contributed by atoms with E-state index in [1.807, 2.05) is 18.3 Å². The van der Waals surface area contributed by atoms with E-state index in [4.69, 9.17) is 9.26 Å². The molecule has 2 aromatic rings. The van der Waals surface area contributed by atoms with Crippen LogP contribution in [0.2, 0.25) is 0 Å². The highest BCUT2D eigenvalue weighted by molar-refractivity contribution is 5.96. The van der Waals surface area contributed by atoms with Crippen LogP contribution >= 0.6 is 0 Å². The van der Waals surface area contributed by atoms with Crippen molar-refractivity contribution in [2.45, 2.75) is 39.2 Å². The van der Waals surface area contributed by atoms with E-state index >= 15 is 0 Å². The Morgan fingerprint density at radius 1 is 1.36 bits per heavy atom. The minimum Gasteiger partial charge on any atom is -0.380 e. The third-order valence-electron chi connectivity index (χ3n) is 5.13. The lowest BCUT2D eigenvalue weighted by Crippen LogP contribution is -2.40. The Morgan fingerprint density at radius 3 is 2.84 bits per heavy atom. The van der Waals surface area contributed by atoms with Crippen LogP contribution in [0.15, 0.2) is 10.9 Å². The fraction of sp³-hybridized carbons (Fsp3) is 0.611. The van der Waals surface area contributed by atoms with Crippen LogP contribution in [0.3, 0.4) is 0 Å². The van der Waals surface area contributed by atoms with Gasteiger partial charge in [0.05, 0.1) is 30.9 Å². The van der Waals surface area contributed by atoms with Gasteiger partial charge >= 0.3 is 0 Å². The van der Waals surface area contributed by atoms with E-state index in [-0.39, 0.29) is 11.8 Å². The first-order valence-electron chi connectivity index (χ1n) is 8.84. The van der Waals surface area contributed by atoms with Crippen molar-refractivity contribution in [2.75, 3.05) is 19.8 Å². The summed E-state index contributed by atoms with van der Waals surface area (Å²) in [5, 5.41) is 3.91. The largest absolute Gasteiger partial charge is 0.380 e. The van der Waals surface area contributed by atoms with Gasteiger partial charge in [-0.2, -0.15) is 0 Å². The Morgan fingerprint density at radius 2 is 2.16 bits per heavy atom. The van der Waals surface area contributed by atoms with Crippen molar-refractivity contribution >= 4 is 5.91 Å². The van der Waals surface area contributed by atoms with Crippen LogP contribution < -0.4 is 0 Å². The quantitative estimate of drug-likeness (QED) is 0.831. The molecule has 0 spiro atoms. The molecule has 1 aliphatic carbocycles. The molecule has 0 saturated heterocycles. The van der Waals surface area contributed by atoms with Crippen molar-refractivity contribution in [3.05, 3.63) is 34.7 Å². The lowest BCUT2D eigenvalue weighted by Gasteiger charge is -2.33. The van der Waals surface area contributed by atoms with Crippen LogP contribution in [0.5, 0.6) is 0 Å². The molecule has 0 radical (unpaired) electrons. The van der Waals surface area contributed by atoms with Crippen molar-refractivity contribution in [2.24, 2.45) is 13.0 Å². The molecule has 1 atom stereocenters. The highest BCUT2D eigenvalue weighted by Gasteiger charge is 2.34. The molecule has 25 heavy (non-hydrogen) atoms. The smallest absolute Gasteiger partial charge is 0.259 e. The van der Waals surface area contributed by atoms with Crippen molar-refractivity contribution < 1.29 is 14.1 Å². The monoisotopic (exact) mass is 344 g/mol. The normalized spacial score (nSPS) is 20.0. The highest BCUT2D eigenvalue weighted by atomic mass is 16.5. The van der Waals surface area contributed by atoms with Crippen molar-refractivity contribution in [1.82, 2.24) is 19.6 Å². The van der Waals surface area contributed by atoms with Gasteiger partial charge in [-0.15, -0.1) is 0 Å². The number of amides is 1. The van der Waals surface area contributed by atoms with Crippen LogP contribution in [-0.4, -0.2) is 45.3 Å². The first-order valence-corrected chi connectivity index (χ1v) is 8.84. The Balaban J connectivity index is 1.55. The molecule has 134 valence electrons. The highest BCUT2D eigenvalue weighted by Crippen LogP contribution is 2.32. The zero-order chi connectivity index (χ0) is 17.6. The molecule has 1 saturated carbocycles. The van der Waals surface area contributed by atoms with Crippen LogP contribution in [0.4, 0.5) is 0 Å². The van der Waals surface area contributed by atoms with Gasteiger partial charge in [-0.1, -0.05) is 5.16 Å². The van der Waals surface area contributed by atoms with Crippen molar-refractivity contribution in [3.63, 3.8) is 0 Å². The number of aromatic nitrogens is 3. The van der Waals surface area contributed by atoms with Gasteiger partial charge in [-0.25, -0.2) is 4.98 Å². The number of nitrogens with zero attached hydrogens (tertiary/aromatic N) is 4. The second-order valence-electron chi connectivity index (χ2n) is 7.25. The number of rotatable bonds is 5. The van der Waals surface area contributed by atoms with Gasteiger partial charge in [-0.3, -0.25) is 4.79 Å². The molecule has 1 fully saturated rings. The van der Waals surface area contributed by atoms with E-state index in [0.717, 1.165) is 18.2 Å². The van der Waals surface area contributed by atoms with Gasteiger partial charge in [0.15, 0.2) is 0 Å². The maximum Gasteiger partial charge on any atom is 0.259 e. The summed E-state index contributed by atoms with van der Waals surface area (Å²) in [5.41, 5.74) is 3.33. The second kappa shape index (κ2) is 6.29. The van der Waals surface area contributed by atoms with Crippen LogP contribution in [0.1, 0.15) is 52.0 Å². The molecule has 7 nitrogen and oxygen atoms in total. The zero-order valence-electron chi connectivity index (χ0n) is 15.0. The number of hydrogen-bond donors (Lipinski definition) is 0. The van der Waals surface area contributed by atoms with Crippen molar-refractivity contribution in [3.8, 4) is 0 Å². The van der Waals surface area contributed by atoms with Gasteiger partial charge in [0.2, 0.25) is 0 Å². The number of imidazole rings is 1. The maximum atomic E-state index is 13.0. The minimum absolute atomic E-state index is 0.0419. The van der Waals surface area contributed by atoms with Gasteiger partial charge < -0.3 is 18.7 Å². The number of carbonyl (C=O) groups is 1. The second-order valence-corrected chi connectivity index (χ2v) is 7.25. The van der Waals surface area contributed by atoms with Gasteiger partial charge in [0, 0.05) is 31.8 Å². The average Bonchev–Trinajstić information content (AvgIpc) is 3.25. The predicted octanol–water partition coefficient (Wildman–Crippen LogP) is 2.19. The van der Waals surface area contributed by atoms with E-state index in [0.29, 0.717) is 36.7 Å². The van der Waals surface area contributed by atoms with E-state index in [2.05, 4.69) is 14.7 Å². The summed E-state index contributed by atoms with van der Waals surface area (Å²) in [7, 11) is 2.01. The summed E-state index contributed by atoms with van der Waals surface area (Å²) in [6.45, 7) is 6.16. The number of hydrogen-bond acceptors (Lipinski definition) is 5. The molecule has 1 amide bonds. The third kappa shape index (κ3) is 3.08. The van der Waals surface area contributed by atoms with E-state index < -0.39 is 0 Å². The van der Waals surface area contributed by atoms with Gasteiger partial charge in [0.1, 0.15) is 11.3 Å². The molecule has 0 aromatic carbocycles. The van der Waals surface area contributed by atoms with Crippen LogP contribution in [-0.2, 0) is 18.3 Å². The lowest BCUT2D eigenvalue weighted by molar-refractivity contribution is 0.0616. The van der Waals surface area contributed by atoms with Gasteiger partial charge in [-0.05, 0) is 32.6 Å². The topological polar surface area (TPSA) is 73.4 Å². The summed E-state index contributed by atoms with van der Waals surface area (Å²) in [6, 6.07) is 0. The molecule has 2 aliphatic rings. The molecular weight excluding hydrogens is 320 g/mol. The summed E-state index contributed by atoms with van der Waals surface area (Å²) in [6.07, 6.45) is 4.37. The number of ether oxygens (including phenoxy) is 1. The number of carbonyl (C=O) groups excluding carboxylic acids is 1. The molecule has 3 heterocycles. The standard InChI is InChI=1S/C18H24N4O3/c1-11-16(12(2)25-20-11)18(23)22-6-14(9-24-8-13-4-5-13)17-15(7-22)19-10-21(17)3/h10,13-14H,4-9H2,1-3H3/t14-/m1/s1. The fourth-order valence-corrected chi connectivity index (χ4v) is 3.63. The summed E-state index contributed by atoms with van der Waals surface area (Å²) < 4.78 is 13.2. The van der Waals surface area contributed by atoms with E-state index in [1.165, 1.54) is 18.5 Å². The molecular formula is C18H24N4O3. The molecule has 0 unspecified atom stereocenters. The molecule has 7 heteroatoms. The number of fused-ring (bicyclic) bond motifs is 1.